The number of nitrogens with zero attached hydrogens (tertiary/aromatic N) is 3. The molecule has 5 rings (SSSR count). The molecule has 1 saturated carbocycles. The van der Waals surface area contributed by atoms with E-state index in [1.807, 2.05) is 29.2 Å². The van der Waals surface area contributed by atoms with Crippen LogP contribution in [-0.2, 0) is 4.79 Å². The number of hydrogen-bond acceptors (Lipinski definition) is 4. The summed E-state index contributed by atoms with van der Waals surface area (Å²) in [7, 11) is 0. The number of carbonyl (C=O) groups excluding carboxylic acids is 1. The first-order valence-electron chi connectivity index (χ1n) is 11.3. The minimum Gasteiger partial charge on any atom is -0.360 e. The van der Waals surface area contributed by atoms with Crippen LogP contribution >= 0.6 is 0 Å². The Hall–Kier alpha value is -3.72. The zero-order chi connectivity index (χ0) is 23.1. The van der Waals surface area contributed by atoms with Crippen LogP contribution in [0.5, 0.6) is 0 Å². The van der Waals surface area contributed by atoms with Gasteiger partial charge in [-0.15, -0.1) is 0 Å². The zero-order valence-corrected chi connectivity index (χ0v) is 18.6. The first-order chi connectivity index (χ1) is 16.0. The molecule has 1 aliphatic heterocycles. The van der Waals surface area contributed by atoms with Crippen LogP contribution in [0.1, 0.15) is 43.9 Å². The Balaban J connectivity index is 1.63. The molecule has 166 valence electrons. The lowest BCUT2D eigenvalue weighted by Gasteiger charge is -2.46. The molecule has 0 saturated heterocycles. The molecule has 6 heteroatoms. The number of benzene rings is 2. The number of halogens is 1. The summed E-state index contributed by atoms with van der Waals surface area (Å²) >= 11 is 0. The molecule has 3 aromatic rings. The van der Waals surface area contributed by atoms with Crippen LogP contribution in [0.4, 0.5) is 15.9 Å². The van der Waals surface area contributed by atoms with Crippen LogP contribution in [0.25, 0.3) is 11.1 Å². The molecule has 2 aliphatic rings. The molecule has 33 heavy (non-hydrogen) atoms. The topological polar surface area (TPSA) is 69.0 Å². The van der Waals surface area contributed by atoms with E-state index in [4.69, 9.17) is 5.26 Å². The fraction of sp³-hybridized carbons (Fsp3) is 0.296. The van der Waals surface area contributed by atoms with E-state index in [2.05, 4.69) is 29.4 Å². The van der Waals surface area contributed by atoms with E-state index in [0.29, 0.717) is 11.5 Å². The highest BCUT2D eigenvalue weighted by atomic mass is 19.1. The third-order valence-corrected chi connectivity index (χ3v) is 6.83. The lowest BCUT2D eigenvalue weighted by Crippen LogP contribution is -2.51. The second-order valence-corrected chi connectivity index (χ2v) is 8.99. The van der Waals surface area contributed by atoms with Crippen LogP contribution in [-0.4, -0.2) is 16.9 Å². The molecule has 2 heterocycles. The SMILES string of the molecule is CC(=O)N1c2ccc(-c3ccc(C#N)cc3)cc2[C@H](Nc2ncccc2F)[C@@H](C)[C@@H]1C1CC1. The highest BCUT2D eigenvalue weighted by molar-refractivity contribution is 5.94. The number of nitriles is 1. The number of anilines is 2. The van der Waals surface area contributed by atoms with Crippen molar-refractivity contribution < 1.29 is 9.18 Å². The van der Waals surface area contributed by atoms with E-state index in [9.17, 15) is 9.18 Å². The van der Waals surface area contributed by atoms with Gasteiger partial charge in [-0.25, -0.2) is 9.37 Å². The van der Waals surface area contributed by atoms with Crippen LogP contribution in [0.2, 0.25) is 0 Å². The van der Waals surface area contributed by atoms with Crippen molar-refractivity contribution in [1.82, 2.24) is 4.98 Å². The number of nitrogens with one attached hydrogen (secondary N) is 1. The van der Waals surface area contributed by atoms with Crippen LogP contribution < -0.4 is 10.2 Å². The van der Waals surface area contributed by atoms with Gasteiger partial charge in [0.2, 0.25) is 5.91 Å². The van der Waals surface area contributed by atoms with Gasteiger partial charge in [0.1, 0.15) is 0 Å². The van der Waals surface area contributed by atoms with Crippen LogP contribution in [0, 0.1) is 29.0 Å². The first kappa shape index (κ1) is 21.1. The molecular formula is C27H25FN4O. The van der Waals surface area contributed by atoms with Gasteiger partial charge in [0.05, 0.1) is 17.7 Å². The molecule has 1 aromatic heterocycles. The van der Waals surface area contributed by atoms with Crippen molar-refractivity contribution in [3.05, 3.63) is 77.7 Å². The highest BCUT2D eigenvalue weighted by Crippen LogP contribution is 2.50. The van der Waals surface area contributed by atoms with Gasteiger partial charge in [0.15, 0.2) is 11.6 Å². The predicted octanol–water partition coefficient (Wildman–Crippen LogP) is 5.69. The van der Waals surface area contributed by atoms with Gasteiger partial charge < -0.3 is 10.2 Å². The fourth-order valence-electron chi connectivity index (χ4n) is 5.12. The minimum absolute atomic E-state index is 0.0218. The number of aromatic nitrogens is 1. The Bertz CT molecular complexity index is 1250. The number of amides is 1. The smallest absolute Gasteiger partial charge is 0.224 e. The number of rotatable bonds is 4. The number of fused-ring (bicyclic) bond motifs is 1. The highest BCUT2D eigenvalue weighted by Gasteiger charge is 2.47. The largest absolute Gasteiger partial charge is 0.360 e. The van der Waals surface area contributed by atoms with Crippen molar-refractivity contribution in [3.63, 3.8) is 0 Å². The van der Waals surface area contributed by atoms with E-state index < -0.39 is 5.82 Å². The van der Waals surface area contributed by atoms with Crippen molar-refractivity contribution in [2.45, 2.75) is 38.8 Å². The minimum atomic E-state index is -0.397. The van der Waals surface area contributed by atoms with Crippen molar-refractivity contribution in [1.29, 1.82) is 5.26 Å². The van der Waals surface area contributed by atoms with Gasteiger partial charge in [-0.3, -0.25) is 4.79 Å². The normalized spacial score (nSPS) is 21.8. The van der Waals surface area contributed by atoms with E-state index in [1.165, 1.54) is 6.07 Å². The van der Waals surface area contributed by atoms with Gasteiger partial charge in [0.25, 0.3) is 0 Å². The predicted molar refractivity (Wildman–Crippen MR) is 126 cm³/mol. The molecule has 1 N–H and O–H groups in total. The molecule has 1 fully saturated rings. The van der Waals surface area contributed by atoms with E-state index >= 15 is 0 Å². The molecule has 1 amide bonds. The average Bonchev–Trinajstić information content (AvgIpc) is 3.66. The van der Waals surface area contributed by atoms with E-state index in [0.717, 1.165) is 35.2 Å². The van der Waals surface area contributed by atoms with Gasteiger partial charge in [-0.1, -0.05) is 25.1 Å². The number of pyridine rings is 1. The maximum absolute atomic E-state index is 14.5. The Morgan fingerprint density at radius 2 is 1.88 bits per heavy atom. The van der Waals surface area contributed by atoms with Gasteiger partial charge in [0, 0.05) is 30.8 Å². The molecule has 3 atom stereocenters. The van der Waals surface area contributed by atoms with Crippen molar-refractivity contribution in [3.8, 4) is 17.2 Å². The molecule has 1 aliphatic carbocycles. The average molecular weight is 441 g/mol. The molecular weight excluding hydrogens is 415 g/mol. The van der Waals surface area contributed by atoms with Gasteiger partial charge in [-0.2, -0.15) is 5.26 Å². The van der Waals surface area contributed by atoms with E-state index in [1.54, 1.807) is 31.3 Å². The summed E-state index contributed by atoms with van der Waals surface area (Å²) in [5, 5.41) is 12.5. The third-order valence-electron chi connectivity index (χ3n) is 6.83. The quantitative estimate of drug-likeness (QED) is 0.566. The standard InChI is InChI=1S/C27H25FN4O/c1-16-25(31-27-23(28)4-3-13-30-27)22-14-21(19-7-5-18(15-29)6-8-19)11-12-24(22)32(17(2)33)26(16)20-9-10-20/h3-8,11-14,16,20,25-26H,9-10H2,1-2H3,(H,30,31)/t16-,25-,26-/m1/s1. The van der Waals surface area contributed by atoms with Crippen molar-refractivity contribution in [2.24, 2.45) is 11.8 Å². The second-order valence-electron chi connectivity index (χ2n) is 8.99. The lowest BCUT2D eigenvalue weighted by molar-refractivity contribution is -0.117. The number of hydrogen-bond donors (Lipinski definition) is 1. The first-order valence-corrected chi connectivity index (χ1v) is 11.3. The Morgan fingerprint density at radius 1 is 1.15 bits per heavy atom. The molecule has 5 nitrogen and oxygen atoms in total. The zero-order valence-electron chi connectivity index (χ0n) is 18.6. The second kappa shape index (κ2) is 8.32. The molecule has 0 unspecified atom stereocenters. The summed E-state index contributed by atoms with van der Waals surface area (Å²) in [6.07, 6.45) is 3.78. The van der Waals surface area contributed by atoms with Crippen molar-refractivity contribution >= 4 is 17.4 Å². The number of carbonyl (C=O) groups is 1. The summed E-state index contributed by atoms with van der Waals surface area (Å²) in [5.41, 5.74) is 4.37. The molecule has 0 spiro atoms. The maximum atomic E-state index is 14.5. The van der Waals surface area contributed by atoms with Crippen LogP contribution in [0.3, 0.4) is 0 Å². The molecule has 0 bridgehead atoms. The fourth-order valence-corrected chi connectivity index (χ4v) is 5.12. The molecule has 2 aromatic carbocycles. The Morgan fingerprint density at radius 3 is 2.52 bits per heavy atom. The lowest BCUT2D eigenvalue weighted by atomic mass is 9.79. The monoisotopic (exact) mass is 440 g/mol. The summed E-state index contributed by atoms with van der Waals surface area (Å²) in [6.45, 7) is 3.75. The van der Waals surface area contributed by atoms with Gasteiger partial charge in [-0.05, 0) is 71.8 Å². The summed E-state index contributed by atoms with van der Waals surface area (Å²) in [5.74, 6) is 0.356. The Kier molecular flexibility index (Phi) is 5.33. The van der Waals surface area contributed by atoms with E-state index in [-0.39, 0.29) is 29.7 Å². The summed E-state index contributed by atoms with van der Waals surface area (Å²) in [6, 6.07) is 18.5. The van der Waals surface area contributed by atoms with Crippen molar-refractivity contribution in [2.75, 3.05) is 10.2 Å². The van der Waals surface area contributed by atoms with Crippen LogP contribution in [0.15, 0.2) is 60.8 Å². The summed E-state index contributed by atoms with van der Waals surface area (Å²) in [4.78, 5) is 19.0. The molecule has 0 radical (unpaired) electrons. The summed E-state index contributed by atoms with van der Waals surface area (Å²) < 4.78 is 14.5. The maximum Gasteiger partial charge on any atom is 0.224 e. The Labute approximate surface area is 192 Å². The van der Waals surface area contributed by atoms with Gasteiger partial charge >= 0.3 is 0 Å². The third kappa shape index (κ3) is 3.84.